The number of aromatic nitrogens is 3. The molecule has 2 heterocycles. The average molecular weight is 382 g/mol. The zero-order valence-electron chi connectivity index (χ0n) is 16.9. The van der Waals surface area contributed by atoms with Gasteiger partial charge in [-0.05, 0) is 43.7 Å². The number of H-pyrrole nitrogens is 1. The van der Waals surface area contributed by atoms with Crippen molar-refractivity contribution in [2.24, 2.45) is 5.92 Å². The average Bonchev–Trinajstić information content (AvgIpc) is 3.19. The number of nitrogens with two attached hydrogens (primary N) is 1. The largest absolute Gasteiger partial charge is 0.382 e. The van der Waals surface area contributed by atoms with Crippen LogP contribution in [0.2, 0.25) is 0 Å². The van der Waals surface area contributed by atoms with Crippen LogP contribution in [0, 0.1) is 5.92 Å². The maximum atomic E-state index is 12.3. The molecule has 6 nitrogen and oxygen atoms in total. The molecule has 6 heteroatoms. The Kier molecular flexibility index (Phi) is 6.85. The predicted octanol–water partition coefficient (Wildman–Crippen LogP) is 4.35. The maximum absolute atomic E-state index is 12.3. The van der Waals surface area contributed by atoms with E-state index in [1.165, 1.54) is 5.56 Å². The zero-order chi connectivity index (χ0) is 19.9. The Labute approximate surface area is 166 Å². The lowest BCUT2D eigenvalue weighted by atomic mass is 9.98. The van der Waals surface area contributed by atoms with E-state index >= 15 is 0 Å². The summed E-state index contributed by atoms with van der Waals surface area (Å²) >= 11 is 0. The minimum atomic E-state index is 0.156. The number of carbonyl (C=O) groups excluding carboxylic acids is 1. The van der Waals surface area contributed by atoms with Gasteiger partial charge < -0.3 is 16.0 Å². The fourth-order valence-corrected chi connectivity index (χ4v) is 3.81. The smallest absolute Gasteiger partial charge is 0.223 e. The number of nitrogen functional groups attached to an aromatic ring is 1. The lowest BCUT2D eigenvalue weighted by Crippen LogP contribution is -2.31. The van der Waals surface area contributed by atoms with Gasteiger partial charge in [0.15, 0.2) is 5.82 Å². The Morgan fingerprint density at radius 1 is 1.25 bits per heavy atom. The standard InChI is InChI=1S/C22H31N5O/c1-3-5-9-15(4-2)22(28)24-13-7-6-10-16-11-8-12-17-18(16)19-20(21(23)27-17)26-14-25-19/h8,11-12,14-15H,3-7,9-10,13H2,1-2H3,(H2,23,27)(H,24,28)(H,25,26). The molecule has 3 rings (SSSR count). The van der Waals surface area contributed by atoms with Gasteiger partial charge in [-0.15, -0.1) is 0 Å². The molecule has 28 heavy (non-hydrogen) atoms. The number of imidazole rings is 1. The van der Waals surface area contributed by atoms with Gasteiger partial charge in [0, 0.05) is 17.8 Å². The minimum Gasteiger partial charge on any atom is -0.382 e. The molecule has 150 valence electrons. The number of hydrogen-bond acceptors (Lipinski definition) is 4. The van der Waals surface area contributed by atoms with E-state index in [-0.39, 0.29) is 11.8 Å². The van der Waals surface area contributed by atoms with Gasteiger partial charge in [0.25, 0.3) is 0 Å². The number of rotatable bonds is 10. The van der Waals surface area contributed by atoms with Crippen molar-refractivity contribution in [3.63, 3.8) is 0 Å². The second kappa shape index (κ2) is 9.53. The number of fused-ring (bicyclic) bond motifs is 3. The van der Waals surface area contributed by atoms with Crippen molar-refractivity contribution >= 4 is 33.7 Å². The van der Waals surface area contributed by atoms with Crippen molar-refractivity contribution in [2.45, 2.75) is 58.8 Å². The Morgan fingerprint density at radius 3 is 2.89 bits per heavy atom. The maximum Gasteiger partial charge on any atom is 0.223 e. The minimum absolute atomic E-state index is 0.156. The fourth-order valence-electron chi connectivity index (χ4n) is 3.81. The molecule has 2 aromatic heterocycles. The van der Waals surface area contributed by atoms with E-state index in [2.05, 4.69) is 40.2 Å². The van der Waals surface area contributed by atoms with Gasteiger partial charge in [0.05, 0.1) is 17.4 Å². The monoisotopic (exact) mass is 381 g/mol. The van der Waals surface area contributed by atoms with Gasteiger partial charge >= 0.3 is 0 Å². The Bertz CT molecular complexity index is 933. The first-order valence-electron chi connectivity index (χ1n) is 10.4. The van der Waals surface area contributed by atoms with E-state index < -0.39 is 0 Å². The number of benzene rings is 1. The first-order valence-corrected chi connectivity index (χ1v) is 10.4. The molecule has 4 N–H and O–H groups in total. The number of nitrogens with one attached hydrogen (secondary N) is 2. The second-order valence-corrected chi connectivity index (χ2v) is 7.43. The fraction of sp³-hybridized carbons (Fsp3) is 0.500. The number of carbonyl (C=O) groups is 1. The van der Waals surface area contributed by atoms with Crippen LogP contribution in [0.4, 0.5) is 5.82 Å². The summed E-state index contributed by atoms with van der Waals surface area (Å²) in [5.41, 5.74) is 9.82. The van der Waals surface area contributed by atoms with Gasteiger partial charge in [-0.1, -0.05) is 38.8 Å². The second-order valence-electron chi connectivity index (χ2n) is 7.43. The van der Waals surface area contributed by atoms with Crippen molar-refractivity contribution in [1.82, 2.24) is 20.3 Å². The molecule has 1 aromatic carbocycles. The molecule has 0 spiro atoms. The van der Waals surface area contributed by atoms with E-state index in [1.807, 2.05) is 12.1 Å². The van der Waals surface area contributed by atoms with Crippen LogP contribution < -0.4 is 11.1 Å². The summed E-state index contributed by atoms with van der Waals surface area (Å²) in [7, 11) is 0. The van der Waals surface area contributed by atoms with E-state index in [0.717, 1.165) is 73.4 Å². The van der Waals surface area contributed by atoms with Crippen LogP contribution in [-0.2, 0) is 11.2 Å². The number of anilines is 1. The van der Waals surface area contributed by atoms with E-state index in [4.69, 9.17) is 5.73 Å². The van der Waals surface area contributed by atoms with Crippen LogP contribution in [0.25, 0.3) is 21.9 Å². The van der Waals surface area contributed by atoms with Crippen molar-refractivity contribution in [3.05, 3.63) is 30.1 Å². The molecule has 0 radical (unpaired) electrons. The van der Waals surface area contributed by atoms with Gasteiger partial charge in [0.2, 0.25) is 5.91 Å². The summed E-state index contributed by atoms with van der Waals surface area (Å²) in [6.07, 6.45) is 8.72. The number of unbranched alkanes of at least 4 members (excludes halogenated alkanes) is 2. The Morgan fingerprint density at radius 2 is 2.11 bits per heavy atom. The number of aromatic amines is 1. The molecule has 0 aliphatic carbocycles. The normalized spacial score (nSPS) is 12.5. The molecule has 3 aromatic rings. The van der Waals surface area contributed by atoms with Crippen molar-refractivity contribution in [2.75, 3.05) is 12.3 Å². The quantitative estimate of drug-likeness (QED) is 0.455. The van der Waals surface area contributed by atoms with Crippen LogP contribution in [0.15, 0.2) is 24.5 Å². The number of aryl methyl sites for hydroxylation is 1. The summed E-state index contributed by atoms with van der Waals surface area (Å²) in [6, 6.07) is 6.14. The Balaban J connectivity index is 1.58. The van der Waals surface area contributed by atoms with Gasteiger partial charge in [-0.3, -0.25) is 4.79 Å². The SMILES string of the molecule is CCCCC(CC)C(=O)NCCCCc1cccc2nc(N)c3nc[nH]c3c12. The third-order valence-corrected chi connectivity index (χ3v) is 5.44. The molecule has 0 saturated heterocycles. The number of amides is 1. The summed E-state index contributed by atoms with van der Waals surface area (Å²) in [6.45, 7) is 4.99. The lowest BCUT2D eigenvalue weighted by Gasteiger charge is -2.14. The molecule has 0 saturated carbocycles. The third-order valence-electron chi connectivity index (χ3n) is 5.44. The number of pyridine rings is 1. The number of nitrogens with zero attached hydrogens (tertiary/aromatic N) is 2. The molecular weight excluding hydrogens is 350 g/mol. The summed E-state index contributed by atoms with van der Waals surface area (Å²) in [5, 5.41) is 4.21. The molecule has 1 amide bonds. The third kappa shape index (κ3) is 4.43. The highest BCUT2D eigenvalue weighted by molar-refractivity contribution is 6.07. The summed E-state index contributed by atoms with van der Waals surface area (Å²) in [4.78, 5) is 24.3. The molecule has 0 fully saturated rings. The van der Waals surface area contributed by atoms with Crippen molar-refractivity contribution < 1.29 is 4.79 Å². The van der Waals surface area contributed by atoms with E-state index in [9.17, 15) is 4.79 Å². The van der Waals surface area contributed by atoms with Crippen molar-refractivity contribution in [3.8, 4) is 0 Å². The zero-order valence-corrected chi connectivity index (χ0v) is 16.9. The van der Waals surface area contributed by atoms with E-state index in [0.29, 0.717) is 5.82 Å². The highest BCUT2D eigenvalue weighted by Gasteiger charge is 2.15. The first-order chi connectivity index (χ1) is 13.7. The Hall–Kier alpha value is -2.63. The molecule has 0 aliphatic heterocycles. The van der Waals surface area contributed by atoms with Crippen LogP contribution >= 0.6 is 0 Å². The van der Waals surface area contributed by atoms with Crippen molar-refractivity contribution in [1.29, 1.82) is 0 Å². The van der Waals surface area contributed by atoms with Gasteiger partial charge in [0.1, 0.15) is 5.52 Å². The number of hydrogen-bond donors (Lipinski definition) is 3. The van der Waals surface area contributed by atoms with Crippen LogP contribution in [0.5, 0.6) is 0 Å². The summed E-state index contributed by atoms with van der Waals surface area (Å²) < 4.78 is 0. The lowest BCUT2D eigenvalue weighted by molar-refractivity contribution is -0.125. The topological polar surface area (TPSA) is 96.7 Å². The van der Waals surface area contributed by atoms with Gasteiger partial charge in [-0.25, -0.2) is 9.97 Å². The predicted molar refractivity (Wildman–Crippen MR) is 115 cm³/mol. The van der Waals surface area contributed by atoms with Gasteiger partial charge in [-0.2, -0.15) is 0 Å². The van der Waals surface area contributed by atoms with Crippen LogP contribution in [0.1, 0.15) is 57.9 Å². The highest BCUT2D eigenvalue weighted by atomic mass is 16.1. The molecule has 1 unspecified atom stereocenters. The molecular formula is C22H31N5O. The van der Waals surface area contributed by atoms with E-state index in [1.54, 1.807) is 6.33 Å². The van der Waals surface area contributed by atoms with Crippen LogP contribution in [0.3, 0.4) is 0 Å². The molecule has 1 atom stereocenters. The molecule has 0 bridgehead atoms. The van der Waals surface area contributed by atoms with Crippen LogP contribution in [-0.4, -0.2) is 27.4 Å². The first kappa shape index (κ1) is 20.1. The molecule has 0 aliphatic rings. The summed E-state index contributed by atoms with van der Waals surface area (Å²) in [5.74, 6) is 0.820. The highest BCUT2D eigenvalue weighted by Crippen LogP contribution is 2.28.